The van der Waals surface area contributed by atoms with Crippen LogP contribution in [0.25, 0.3) is 11.1 Å². The molecule has 25 heavy (non-hydrogen) atoms. The lowest BCUT2D eigenvalue weighted by Crippen LogP contribution is -2.41. The van der Waals surface area contributed by atoms with E-state index in [1.807, 2.05) is 12.1 Å². The molecule has 0 radical (unpaired) electrons. The summed E-state index contributed by atoms with van der Waals surface area (Å²) in [5.41, 5.74) is 8.22. The lowest BCUT2D eigenvalue weighted by atomic mass is 10.1. The van der Waals surface area contributed by atoms with Crippen molar-refractivity contribution in [3.8, 4) is 11.1 Å². The molecule has 0 spiro atoms. The predicted octanol–water partition coefficient (Wildman–Crippen LogP) is 4.00. The van der Waals surface area contributed by atoms with Crippen LogP contribution < -0.4 is 5.73 Å². The predicted molar refractivity (Wildman–Crippen MR) is 104 cm³/mol. The minimum Gasteiger partial charge on any atom is -0.383 e. The number of benzene rings is 1. The van der Waals surface area contributed by atoms with Crippen molar-refractivity contribution in [3.05, 3.63) is 45.0 Å². The molecule has 0 atom stereocenters. The molecule has 5 nitrogen and oxygen atoms in total. The van der Waals surface area contributed by atoms with E-state index in [0.717, 1.165) is 18.9 Å². The van der Waals surface area contributed by atoms with E-state index >= 15 is 0 Å². The molecule has 0 amide bonds. The number of rotatable bonds is 2. The zero-order valence-corrected chi connectivity index (χ0v) is 15.9. The molecule has 2 heterocycles. The highest BCUT2D eigenvalue weighted by Gasteiger charge is 2.19. The number of nitrogens with zero attached hydrogens (tertiary/aromatic N) is 3. The van der Waals surface area contributed by atoms with Crippen molar-refractivity contribution < 1.29 is 4.74 Å². The molecule has 1 aliphatic rings. The van der Waals surface area contributed by atoms with E-state index in [1.54, 1.807) is 19.2 Å². The van der Waals surface area contributed by atoms with Gasteiger partial charge < -0.3 is 15.4 Å². The maximum atomic E-state index is 6.30. The van der Waals surface area contributed by atoms with Crippen molar-refractivity contribution in [2.24, 2.45) is 4.99 Å². The smallest absolute Gasteiger partial charge is 0.149 e. The first kappa shape index (κ1) is 18.3. The molecule has 1 aromatic heterocycles. The van der Waals surface area contributed by atoms with E-state index in [0.29, 0.717) is 50.9 Å². The second-order valence-corrected chi connectivity index (χ2v) is 6.75. The van der Waals surface area contributed by atoms with E-state index in [4.69, 9.17) is 45.3 Å². The summed E-state index contributed by atoms with van der Waals surface area (Å²) in [5, 5.41) is 1.25. The fourth-order valence-corrected chi connectivity index (χ4v) is 3.48. The molecule has 2 N–H and O–H groups in total. The van der Waals surface area contributed by atoms with Gasteiger partial charge in [-0.3, -0.25) is 4.99 Å². The summed E-state index contributed by atoms with van der Waals surface area (Å²) in [5.74, 6) is 1.13. The topological polar surface area (TPSA) is 63.7 Å². The van der Waals surface area contributed by atoms with Crippen LogP contribution in [0.2, 0.25) is 15.1 Å². The van der Waals surface area contributed by atoms with Gasteiger partial charge in [0, 0.05) is 36.3 Å². The van der Waals surface area contributed by atoms with Gasteiger partial charge in [0.2, 0.25) is 0 Å². The summed E-state index contributed by atoms with van der Waals surface area (Å²) < 4.78 is 5.39. The third-order valence-electron chi connectivity index (χ3n) is 3.96. The van der Waals surface area contributed by atoms with Crippen LogP contribution in [0.5, 0.6) is 0 Å². The molecule has 3 rings (SSSR count). The normalized spacial score (nSPS) is 15.5. The van der Waals surface area contributed by atoms with Crippen LogP contribution in [0.15, 0.2) is 29.3 Å². The first-order chi connectivity index (χ1) is 12.0. The van der Waals surface area contributed by atoms with Crippen LogP contribution in [-0.4, -0.2) is 49.1 Å². The van der Waals surface area contributed by atoms with Gasteiger partial charge in [0.05, 0.1) is 23.3 Å². The maximum absolute atomic E-state index is 6.30. The van der Waals surface area contributed by atoms with Crippen molar-refractivity contribution >= 4 is 46.5 Å². The van der Waals surface area contributed by atoms with Crippen LogP contribution in [-0.2, 0) is 4.74 Å². The lowest BCUT2D eigenvalue weighted by molar-refractivity contribution is 0.0681. The number of nitrogens with two attached hydrogens (primary N) is 1. The van der Waals surface area contributed by atoms with Crippen LogP contribution in [0.4, 0.5) is 5.82 Å². The Hall–Kier alpha value is -1.53. The second-order valence-electron chi connectivity index (χ2n) is 5.53. The summed E-state index contributed by atoms with van der Waals surface area (Å²) in [6.07, 6.45) is 0. The Morgan fingerprint density at radius 2 is 1.88 bits per heavy atom. The number of nitrogen functional groups attached to an aromatic ring is 1. The van der Waals surface area contributed by atoms with Crippen molar-refractivity contribution in [3.63, 3.8) is 0 Å². The molecule has 1 fully saturated rings. The first-order valence-electron chi connectivity index (χ1n) is 7.72. The van der Waals surface area contributed by atoms with Crippen molar-refractivity contribution in [2.45, 2.75) is 0 Å². The molecule has 1 saturated heterocycles. The monoisotopic (exact) mass is 398 g/mol. The zero-order chi connectivity index (χ0) is 18.0. The van der Waals surface area contributed by atoms with Gasteiger partial charge in [-0.2, -0.15) is 0 Å². The fourth-order valence-electron chi connectivity index (χ4n) is 2.77. The number of halogens is 3. The molecule has 0 bridgehead atoms. The number of hydrogen-bond donors (Lipinski definition) is 1. The molecule has 132 valence electrons. The molecular weight excluding hydrogens is 383 g/mol. The van der Waals surface area contributed by atoms with Gasteiger partial charge in [0.1, 0.15) is 17.3 Å². The Morgan fingerprint density at radius 1 is 1.16 bits per heavy atom. The summed E-state index contributed by atoms with van der Waals surface area (Å²) >= 11 is 18.5. The average molecular weight is 400 g/mol. The molecular formula is C17H17Cl3N4O. The van der Waals surface area contributed by atoms with Gasteiger partial charge in [-0.1, -0.05) is 34.8 Å². The number of hydrogen-bond acceptors (Lipinski definition) is 4. The molecule has 0 saturated carbocycles. The standard InChI is InChI=1S/C17H17Cl3N4O/c1-22-17(24-4-6-25-7-5-24)14-3-2-11(16(21)23-14)12-8-10(18)9-13(19)15(12)20/h2-3,8-9H,4-7H2,1H3,(H2,21,23)/b22-17-. The van der Waals surface area contributed by atoms with E-state index in [9.17, 15) is 0 Å². The molecule has 1 aromatic carbocycles. The van der Waals surface area contributed by atoms with E-state index in [2.05, 4.69) is 14.9 Å². The van der Waals surface area contributed by atoms with Crippen molar-refractivity contribution in [1.82, 2.24) is 9.88 Å². The van der Waals surface area contributed by atoms with E-state index in [1.165, 1.54) is 0 Å². The number of aliphatic imine (C=N–C) groups is 1. The van der Waals surface area contributed by atoms with Crippen LogP contribution in [0, 0.1) is 0 Å². The number of aromatic nitrogens is 1. The number of morpholine rings is 1. The largest absolute Gasteiger partial charge is 0.383 e. The summed E-state index contributed by atoms with van der Waals surface area (Å²) in [6, 6.07) is 7.04. The molecule has 8 heteroatoms. The zero-order valence-electron chi connectivity index (χ0n) is 13.6. The third-order valence-corrected chi connectivity index (χ3v) is 4.98. The van der Waals surface area contributed by atoms with Gasteiger partial charge in [0.25, 0.3) is 0 Å². The Morgan fingerprint density at radius 3 is 2.52 bits per heavy atom. The Bertz CT molecular complexity index is 820. The van der Waals surface area contributed by atoms with Crippen molar-refractivity contribution in [2.75, 3.05) is 39.1 Å². The van der Waals surface area contributed by atoms with Crippen LogP contribution in [0.3, 0.4) is 0 Å². The Kier molecular flexibility index (Phi) is 5.69. The average Bonchev–Trinajstić information content (AvgIpc) is 2.60. The fraction of sp³-hybridized carbons (Fsp3) is 0.294. The first-order valence-corrected chi connectivity index (χ1v) is 8.86. The van der Waals surface area contributed by atoms with Crippen LogP contribution in [0.1, 0.15) is 5.69 Å². The second kappa shape index (κ2) is 7.79. The highest BCUT2D eigenvalue weighted by atomic mass is 35.5. The van der Waals surface area contributed by atoms with Crippen LogP contribution >= 0.6 is 34.8 Å². The van der Waals surface area contributed by atoms with Gasteiger partial charge in [-0.05, 0) is 24.3 Å². The lowest BCUT2D eigenvalue weighted by Gasteiger charge is -2.29. The molecule has 0 unspecified atom stereocenters. The minimum absolute atomic E-state index is 0.340. The van der Waals surface area contributed by atoms with Gasteiger partial charge in [-0.25, -0.2) is 4.98 Å². The SMILES string of the molecule is C/N=C(/c1ccc(-c2cc(Cl)cc(Cl)c2Cl)c(N)n1)N1CCOCC1. The third kappa shape index (κ3) is 3.85. The number of anilines is 1. The van der Waals surface area contributed by atoms with E-state index in [-0.39, 0.29) is 0 Å². The van der Waals surface area contributed by atoms with E-state index < -0.39 is 0 Å². The molecule has 0 aliphatic carbocycles. The summed E-state index contributed by atoms with van der Waals surface area (Å²) in [7, 11) is 1.74. The highest BCUT2D eigenvalue weighted by Crippen LogP contribution is 2.38. The number of pyridine rings is 1. The Labute approximate surface area is 161 Å². The number of ether oxygens (including phenoxy) is 1. The highest BCUT2D eigenvalue weighted by molar-refractivity contribution is 6.45. The Balaban J connectivity index is 1.99. The maximum Gasteiger partial charge on any atom is 0.149 e. The number of amidine groups is 1. The quantitative estimate of drug-likeness (QED) is 0.471. The van der Waals surface area contributed by atoms with Gasteiger partial charge in [0.15, 0.2) is 0 Å². The van der Waals surface area contributed by atoms with Crippen molar-refractivity contribution in [1.29, 1.82) is 0 Å². The molecule has 1 aliphatic heterocycles. The summed E-state index contributed by atoms with van der Waals surface area (Å²) in [4.78, 5) is 11.0. The van der Waals surface area contributed by atoms with Gasteiger partial charge >= 0.3 is 0 Å². The summed E-state index contributed by atoms with van der Waals surface area (Å²) in [6.45, 7) is 2.88. The van der Waals surface area contributed by atoms with Gasteiger partial charge in [-0.15, -0.1) is 0 Å². The molecule has 2 aromatic rings. The minimum atomic E-state index is 0.340.